The molecule has 1 aliphatic rings. The molecule has 2 aromatic rings. The highest BCUT2D eigenvalue weighted by atomic mass is 16.3. The summed E-state index contributed by atoms with van der Waals surface area (Å²) in [6, 6.07) is 8.58. The second kappa shape index (κ2) is 8.22. The number of para-hydroxylation sites is 1. The summed E-state index contributed by atoms with van der Waals surface area (Å²) in [5.74, 6) is 0.478. The molecule has 1 fully saturated rings. The highest BCUT2D eigenvalue weighted by Gasteiger charge is 2.19. The summed E-state index contributed by atoms with van der Waals surface area (Å²) in [4.78, 5) is 11.0. The highest BCUT2D eigenvalue weighted by Crippen LogP contribution is 2.24. The van der Waals surface area contributed by atoms with E-state index in [-0.39, 0.29) is 6.04 Å². The number of rotatable bonds is 6. The van der Waals surface area contributed by atoms with Gasteiger partial charge in [-0.15, -0.1) is 0 Å². The van der Waals surface area contributed by atoms with Crippen molar-refractivity contribution >= 4 is 5.69 Å². The van der Waals surface area contributed by atoms with Crippen LogP contribution in [0.5, 0.6) is 0 Å². The molecule has 1 atom stereocenters. The highest BCUT2D eigenvalue weighted by molar-refractivity contribution is 5.52. The first-order chi connectivity index (χ1) is 11.8. The summed E-state index contributed by atoms with van der Waals surface area (Å²) in [6.45, 7) is 5.47. The predicted molar refractivity (Wildman–Crippen MR) is 95.6 cm³/mol. The molecule has 24 heavy (non-hydrogen) atoms. The molecule has 1 aromatic carbocycles. The monoisotopic (exact) mass is 326 g/mol. The Kier molecular flexibility index (Phi) is 5.77. The van der Waals surface area contributed by atoms with Crippen molar-refractivity contribution < 1.29 is 5.11 Å². The topological polar surface area (TPSA) is 61.3 Å². The van der Waals surface area contributed by atoms with Gasteiger partial charge in [0.2, 0.25) is 0 Å². The zero-order valence-electron chi connectivity index (χ0n) is 14.2. The van der Waals surface area contributed by atoms with Crippen LogP contribution in [-0.2, 0) is 6.54 Å². The van der Waals surface area contributed by atoms with Gasteiger partial charge in [-0.1, -0.05) is 18.2 Å². The lowest BCUT2D eigenvalue weighted by Gasteiger charge is -2.31. The fourth-order valence-corrected chi connectivity index (χ4v) is 3.21. The molecule has 0 amide bonds. The number of likely N-dealkylation sites (tertiary alicyclic amines) is 1. The van der Waals surface area contributed by atoms with E-state index in [0.717, 1.165) is 43.9 Å². The minimum atomic E-state index is 0.111. The Labute approximate surface area is 143 Å². The van der Waals surface area contributed by atoms with Gasteiger partial charge < -0.3 is 10.4 Å². The van der Waals surface area contributed by atoms with E-state index in [1.165, 1.54) is 5.56 Å². The Bertz CT molecular complexity index is 626. The quantitative estimate of drug-likeness (QED) is 0.855. The molecule has 0 bridgehead atoms. The second-order valence-electron chi connectivity index (χ2n) is 6.56. The lowest BCUT2D eigenvalue weighted by Crippen LogP contribution is -2.34. The third kappa shape index (κ3) is 4.30. The molecule has 1 saturated heterocycles. The Morgan fingerprint density at radius 1 is 1.25 bits per heavy atom. The number of benzene rings is 1. The maximum atomic E-state index is 9.28. The van der Waals surface area contributed by atoms with Crippen molar-refractivity contribution in [2.45, 2.75) is 32.4 Å². The second-order valence-corrected chi connectivity index (χ2v) is 6.56. The summed E-state index contributed by atoms with van der Waals surface area (Å²) in [5.41, 5.74) is 3.40. The Morgan fingerprint density at radius 2 is 2.04 bits per heavy atom. The first kappa shape index (κ1) is 16.9. The zero-order chi connectivity index (χ0) is 16.8. The molecule has 3 rings (SSSR count). The van der Waals surface area contributed by atoms with Crippen LogP contribution < -0.4 is 5.32 Å². The lowest BCUT2D eigenvalue weighted by molar-refractivity contribution is 0.127. The van der Waals surface area contributed by atoms with E-state index in [4.69, 9.17) is 0 Å². The minimum absolute atomic E-state index is 0.111. The molecule has 0 aliphatic carbocycles. The number of nitrogens with zero attached hydrogens (tertiary/aromatic N) is 3. The predicted octanol–water partition coefficient (Wildman–Crippen LogP) is 2.85. The summed E-state index contributed by atoms with van der Waals surface area (Å²) >= 11 is 0. The van der Waals surface area contributed by atoms with E-state index >= 15 is 0 Å². The zero-order valence-corrected chi connectivity index (χ0v) is 14.2. The summed E-state index contributed by atoms with van der Waals surface area (Å²) < 4.78 is 0. The van der Waals surface area contributed by atoms with Crippen LogP contribution in [0.1, 0.15) is 37.1 Å². The molecule has 0 radical (unpaired) electrons. The molecule has 5 nitrogen and oxygen atoms in total. The van der Waals surface area contributed by atoms with E-state index in [9.17, 15) is 5.11 Å². The van der Waals surface area contributed by atoms with Gasteiger partial charge in [0.15, 0.2) is 0 Å². The molecule has 0 saturated carbocycles. The largest absolute Gasteiger partial charge is 0.396 e. The number of piperidine rings is 1. The summed E-state index contributed by atoms with van der Waals surface area (Å²) in [5, 5.41) is 12.8. The molecule has 1 aliphatic heterocycles. The number of nitrogens with one attached hydrogen (secondary N) is 1. The van der Waals surface area contributed by atoms with Gasteiger partial charge in [-0.2, -0.15) is 0 Å². The number of hydrogen-bond donors (Lipinski definition) is 2. The maximum Gasteiger partial charge on any atom is 0.0806 e. The van der Waals surface area contributed by atoms with Gasteiger partial charge in [0.1, 0.15) is 0 Å². The molecule has 2 heterocycles. The van der Waals surface area contributed by atoms with Crippen LogP contribution in [0.25, 0.3) is 0 Å². The van der Waals surface area contributed by atoms with Gasteiger partial charge in [0.25, 0.3) is 0 Å². The SMILES string of the molecule is CC(Nc1ccccc1CN1CCC(CO)CC1)c1cnccn1. The average Bonchev–Trinajstić information content (AvgIpc) is 2.64. The molecule has 0 spiro atoms. The average molecular weight is 326 g/mol. The van der Waals surface area contributed by atoms with E-state index < -0.39 is 0 Å². The first-order valence-corrected chi connectivity index (χ1v) is 8.70. The third-order valence-corrected chi connectivity index (χ3v) is 4.78. The third-order valence-electron chi connectivity index (χ3n) is 4.78. The van der Waals surface area contributed by atoms with Crippen LogP contribution in [0.3, 0.4) is 0 Å². The molecular weight excluding hydrogens is 300 g/mol. The standard InChI is InChI=1S/C19H26N4O/c1-15(19-12-20-8-9-21-19)22-18-5-3-2-4-17(18)13-23-10-6-16(14-24)7-11-23/h2-5,8-9,12,15-16,22,24H,6-7,10-11,13-14H2,1H3. The first-order valence-electron chi connectivity index (χ1n) is 8.70. The van der Waals surface area contributed by atoms with Crippen LogP contribution in [0.15, 0.2) is 42.9 Å². The summed E-state index contributed by atoms with van der Waals surface area (Å²) in [7, 11) is 0. The van der Waals surface area contributed by atoms with Crippen molar-refractivity contribution in [2.24, 2.45) is 5.92 Å². The van der Waals surface area contributed by atoms with Crippen molar-refractivity contribution in [1.29, 1.82) is 0 Å². The number of hydrogen-bond acceptors (Lipinski definition) is 5. The molecule has 128 valence electrons. The molecule has 2 N–H and O–H groups in total. The van der Waals surface area contributed by atoms with E-state index in [0.29, 0.717) is 12.5 Å². The van der Waals surface area contributed by atoms with E-state index in [2.05, 4.69) is 51.4 Å². The van der Waals surface area contributed by atoms with Gasteiger partial charge in [-0.05, 0) is 50.4 Å². The van der Waals surface area contributed by atoms with Gasteiger partial charge >= 0.3 is 0 Å². The van der Waals surface area contributed by atoms with Gasteiger partial charge in [-0.25, -0.2) is 0 Å². The number of aliphatic hydroxyl groups excluding tert-OH is 1. The molecule has 5 heteroatoms. The minimum Gasteiger partial charge on any atom is -0.396 e. The number of aromatic nitrogens is 2. The van der Waals surface area contributed by atoms with Crippen molar-refractivity contribution in [1.82, 2.24) is 14.9 Å². The fourth-order valence-electron chi connectivity index (χ4n) is 3.21. The lowest BCUT2D eigenvalue weighted by atomic mass is 9.97. The van der Waals surface area contributed by atoms with Gasteiger partial charge in [0.05, 0.1) is 17.9 Å². The van der Waals surface area contributed by atoms with Crippen molar-refractivity contribution in [3.63, 3.8) is 0 Å². The van der Waals surface area contributed by atoms with Crippen LogP contribution in [-0.4, -0.2) is 39.7 Å². The Hall–Kier alpha value is -1.98. The van der Waals surface area contributed by atoms with E-state index in [1.54, 1.807) is 18.6 Å². The van der Waals surface area contributed by atoms with Crippen LogP contribution in [0.4, 0.5) is 5.69 Å². The Morgan fingerprint density at radius 3 is 2.75 bits per heavy atom. The van der Waals surface area contributed by atoms with Gasteiger partial charge in [-0.3, -0.25) is 14.9 Å². The van der Waals surface area contributed by atoms with Crippen molar-refractivity contribution in [2.75, 3.05) is 25.0 Å². The normalized spacial score (nSPS) is 17.6. The van der Waals surface area contributed by atoms with E-state index in [1.807, 2.05) is 0 Å². The van der Waals surface area contributed by atoms with Crippen molar-refractivity contribution in [3.8, 4) is 0 Å². The van der Waals surface area contributed by atoms with Crippen LogP contribution in [0, 0.1) is 5.92 Å². The maximum absolute atomic E-state index is 9.28. The van der Waals surface area contributed by atoms with Crippen LogP contribution in [0.2, 0.25) is 0 Å². The smallest absolute Gasteiger partial charge is 0.0806 e. The van der Waals surface area contributed by atoms with Crippen molar-refractivity contribution in [3.05, 3.63) is 54.1 Å². The Balaban J connectivity index is 1.65. The number of anilines is 1. The van der Waals surface area contributed by atoms with Gasteiger partial charge in [0, 0.05) is 31.2 Å². The molecular formula is C19H26N4O. The molecule has 1 unspecified atom stereocenters. The van der Waals surface area contributed by atoms with Crippen LogP contribution >= 0.6 is 0 Å². The number of aliphatic hydroxyl groups is 1. The molecule has 1 aromatic heterocycles. The fraction of sp³-hybridized carbons (Fsp3) is 0.474. The summed E-state index contributed by atoms with van der Waals surface area (Å²) in [6.07, 6.45) is 7.40.